The SMILES string of the molecule is Cc1cc(=O)oc(C)c1C(=O)OC(C)C(=O)Nc1cccc(F)c1. The minimum Gasteiger partial charge on any atom is -0.449 e. The highest BCUT2D eigenvalue weighted by atomic mass is 19.1. The summed E-state index contributed by atoms with van der Waals surface area (Å²) < 4.78 is 23.1. The van der Waals surface area contributed by atoms with E-state index in [0.29, 0.717) is 5.56 Å². The Balaban J connectivity index is 2.09. The van der Waals surface area contributed by atoms with Crippen molar-refractivity contribution < 1.29 is 23.1 Å². The first-order valence-corrected chi connectivity index (χ1v) is 7.16. The number of benzene rings is 1. The van der Waals surface area contributed by atoms with Gasteiger partial charge in [-0.15, -0.1) is 0 Å². The number of esters is 1. The highest BCUT2D eigenvalue weighted by Crippen LogP contribution is 2.15. The van der Waals surface area contributed by atoms with Crippen molar-refractivity contribution in [2.24, 2.45) is 0 Å². The molecule has 0 bridgehead atoms. The second kappa shape index (κ2) is 7.08. The van der Waals surface area contributed by atoms with Crippen molar-refractivity contribution in [3.05, 3.63) is 63.5 Å². The molecule has 1 heterocycles. The van der Waals surface area contributed by atoms with Crippen LogP contribution in [0.2, 0.25) is 0 Å². The van der Waals surface area contributed by atoms with Gasteiger partial charge in [0.2, 0.25) is 0 Å². The van der Waals surface area contributed by atoms with Crippen LogP contribution in [0.25, 0.3) is 0 Å². The van der Waals surface area contributed by atoms with Crippen LogP contribution in [0.1, 0.15) is 28.6 Å². The Labute approximate surface area is 137 Å². The molecule has 0 aliphatic heterocycles. The molecule has 1 unspecified atom stereocenters. The summed E-state index contributed by atoms with van der Waals surface area (Å²) in [6, 6.07) is 6.51. The van der Waals surface area contributed by atoms with E-state index in [2.05, 4.69) is 5.32 Å². The maximum absolute atomic E-state index is 13.1. The van der Waals surface area contributed by atoms with Gasteiger partial charge in [0.25, 0.3) is 5.91 Å². The molecule has 0 saturated carbocycles. The van der Waals surface area contributed by atoms with Crippen molar-refractivity contribution in [2.75, 3.05) is 5.32 Å². The predicted molar refractivity (Wildman–Crippen MR) is 84.4 cm³/mol. The van der Waals surface area contributed by atoms with Gasteiger partial charge in [0, 0.05) is 11.8 Å². The molecule has 2 aromatic rings. The maximum Gasteiger partial charge on any atom is 0.342 e. The van der Waals surface area contributed by atoms with E-state index in [4.69, 9.17) is 9.15 Å². The average molecular weight is 333 g/mol. The van der Waals surface area contributed by atoms with Crippen molar-refractivity contribution in [2.45, 2.75) is 26.9 Å². The Kier molecular flexibility index (Phi) is 5.13. The van der Waals surface area contributed by atoms with Gasteiger partial charge >= 0.3 is 11.6 Å². The summed E-state index contributed by atoms with van der Waals surface area (Å²) in [6.07, 6.45) is -1.12. The monoisotopic (exact) mass is 333 g/mol. The molecule has 0 fully saturated rings. The fourth-order valence-electron chi connectivity index (χ4n) is 2.15. The molecule has 0 saturated heterocycles. The summed E-state index contributed by atoms with van der Waals surface area (Å²) in [5, 5.41) is 2.45. The lowest BCUT2D eigenvalue weighted by molar-refractivity contribution is -0.123. The van der Waals surface area contributed by atoms with Gasteiger partial charge in [-0.1, -0.05) is 6.07 Å². The molecule has 0 radical (unpaired) electrons. The van der Waals surface area contributed by atoms with Gasteiger partial charge in [-0.25, -0.2) is 14.0 Å². The molecule has 2 rings (SSSR count). The molecule has 1 aromatic carbocycles. The van der Waals surface area contributed by atoms with Gasteiger partial charge in [-0.05, 0) is 44.5 Å². The summed E-state index contributed by atoms with van der Waals surface area (Å²) in [5.74, 6) is -1.77. The second-order valence-corrected chi connectivity index (χ2v) is 5.23. The van der Waals surface area contributed by atoms with E-state index in [-0.39, 0.29) is 17.0 Å². The van der Waals surface area contributed by atoms with Crippen LogP contribution in [0.15, 0.2) is 39.5 Å². The molecule has 1 amide bonds. The molecule has 0 aliphatic carbocycles. The highest BCUT2D eigenvalue weighted by molar-refractivity contribution is 5.98. The third-order valence-electron chi connectivity index (χ3n) is 3.28. The van der Waals surface area contributed by atoms with Crippen LogP contribution in [0.3, 0.4) is 0 Å². The molecule has 0 spiro atoms. The topological polar surface area (TPSA) is 85.6 Å². The molecular weight excluding hydrogens is 317 g/mol. The number of hydrogen-bond acceptors (Lipinski definition) is 5. The van der Waals surface area contributed by atoms with Crippen molar-refractivity contribution in [1.29, 1.82) is 0 Å². The molecule has 0 aliphatic rings. The molecule has 126 valence electrons. The van der Waals surface area contributed by atoms with Gasteiger partial charge in [-0.2, -0.15) is 0 Å². The number of halogens is 1. The normalized spacial score (nSPS) is 11.7. The number of ether oxygens (including phenoxy) is 1. The Morgan fingerprint density at radius 1 is 1.25 bits per heavy atom. The highest BCUT2D eigenvalue weighted by Gasteiger charge is 2.23. The van der Waals surface area contributed by atoms with Crippen LogP contribution < -0.4 is 10.9 Å². The van der Waals surface area contributed by atoms with E-state index in [0.717, 1.165) is 6.07 Å². The van der Waals surface area contributed by atoms with Crippen LogP contribution in [0.5, 0.6) is 0 Å². The maximum atomic E-state index is 13.1. The summed E-state index contributed by atoms with van der Waals surface area (Å²) in [5.41, 5.74) is 0.172. The molecule has 7 heteroatoms. The second-order valence-electron chi connectivity index (χ2n) is 5.23. The summed E-state index contributed by atoms with van der Waals surface area (Å²) in [7, 11) is 0. The van der Waals surface area contributed by atoms with E-state index < -0.39 is 29.4 Å². The van der Waals surface area contributed by atoms with E-state index in [1.165, 1.54) is 38.1 Å². The Bertz CT molecular complexity index is 817. The zero-order valence-electron chi connectivity index (χ0n) is 13.4. The van der Waals surface area contributed by atoms with E-state index in [1.54, 1.807) is 6.92 Å². The lowest BCUT2D eigenvalue weighted by Gasteiger charge is -2.15. The Morgan fingerprint density at radius 3 is 2.58 bits per heavy atom. The summed E-state index contributed by atoms with van der Waals surface area (Å²) >= 11 is 0. The zero-order valence-corrected chi connectivity index (χ0v) is 13.4. The van der Waals surface area contributed by atoms with Crippen molar-refractivity contribution in [3.63, 3.8) is 0 Å². The molecular formula is C17H16FNO5. The minimum absolute atomic E-state index is 0.0972. The van der Waals surface area contributed by atoms with E-state index in [9.17, 15) is 18.8 Å². The van der Waals surface area contributed by atoms with Crippen molar-refractivity contribution in [1.82, 2.24) is 0 Å². The Morgan fingerprint density at radius 2 is 1.96 bits per heavy atom. The molecule has 1 atom stereocenters. The quantitative estimate of drug-likeness (QED) is 0.869. The summed E-state index contributed by atoms with van der Waals surface area (Å²) in [6.45, 7) is 4.41. The first kappa shape index (κ1) is 17.4. The molecule has 6 nitrogen and oxygen atoms in total. The summed E-state index contributed by atoms with van der Waals surface area (Å²) in [4.78, 5) is 35.5. The number of anilines is 1. The number of amides is 1. The third kappa shape index (κ3) is 4.07. The van der Waals surface area contributed by atoms with Crippen LogP contribution in [0, 0.1) is 19.7 Å². The van der Waals surface area contributed by atoms with Crippen molar-refractivity contribution in [3.8, 4) is 0 Å². The van der Waals surface area contributed by atoms with E-state index in [1.807, 2.05) is 0 Å². The van der Waals surface area contributed by atoms with Gasteiger partial charge in [0.1, 0.15) is 17.1 Å². The van der Waals surface area contributed by atoms with Gasteiger partial charge in [-0.3, -0.25) is 4.79 Å². The number of nitrogens with one attached hydrogen (secondary N) is 1. The van der Waals surface area contributed by atoms with Crippen LogP contribution >= 0.6 is 0 Å². The fourth-order valence-corrected chi connectivity index (χ4v) is 2.15. The van der Waals surface area contributed by atoms with E-state index >= 15 is 0 Å². The minimum atomic E-state index is -1.12. The third-order valence-corrected chi connectivity index (χ3v) is 3.28. The first-order valence-electron chi connectivity index (χ1n) is 7.16. The van der Waals surface area contributed by atoms with Gasteiger partial charge < -0.3 is 14.5 Å². The number of rotatable bonds is 4. The fraction of sp³-hybridized carbons (Fsp3) is 0.235. The first-order chi connectivity index (χ1) is 11.3. The number of aryl methyl sites for hydroxylation is 2. The zero-order chi connectivity index (χ0) is 17.9. The average Bonchev–Trinajstić information content (AvgIpc) is 2.45. The number of carbonyl (C=O) groups excluding carboxylic acids is 2. The van der Waals surface area contributed by atoms with Crippen LogP contribution in [0.4, 0.5) is 10.1 Å². The molecule has 1 aromatic heterocycles. The molecule has 24 heavy (non-hydrogen) atoms. The lowest BCUT2D eigenvalue weighted by atomic mass is 10.1. The van der Waals surface area contributed by atoms with Crippen molar-refractivity contribution >= 4 is 17.6 Å². The lowest BCUT2D eigenvalue weighted by Crippen LogP contribution is -2.30. The molecule has 1 N–H and O–H groups in total. The van der Waals surface area contributed by atoms with Crippen LogP contribution in [-0.4, -0.2) is 18.0 Å². The number of hydrogen-bond donors (Lipinski definition) is 1. The van der Waals surface area contributed by atoms with Gasteiger partial charge in [0.15, 0.2) is 6.10 Å². The van der Waals surface area contributed by atoms with Crippen LogP contribution in [-0.2, 0) is 9.53 Å². The standard InChI is InChI=1S/C17H16FNO5/c1-9-7-14(20)23-10(2)15(9)17(22)24-11(3)16(21)19-13-6-4-5-12(18)8-13/h4-8,11H,1-3H3,(H,19,21). The predicted octanol–water partition coefficient (Wildman–Crippen LogP) is 2.58. The largest absolute Gasteiger partial charge is 0.449 e. The van der Waals surface area contributed by atoms with Gasteiger partial charge in [0.05, 0.1) is 0 Å². The Hall–Kier alpha value is -2.96. The smallest absolute Gasteiger partial charge is 0.342 e. The number of carbonyl (C=O) groups is 2.